The SMILES string of the molecule is O=C(O)c1ccccc1CNCC1CCOC1. The van der Waals surface area contributed by atoms with Gasteiger partial charge in [-0.15, -0.1) is 0 Å². The zero-order valence-electron chi connectivity index (χ0n) is 9.69. The van der Waals surface area contributed by atoms with Crippen LogP contribution < -0.4 is 5.32 Å². The summed E-state index contributed by atoms with van der Waals surface area (Å²) in [5.41, 5.74) is 1.21. The van der Waals surface area contributed by atoms with Gasteiger partial charge < -0.3 is 15.2 Å². The van der Waals surface area contributed by atoms with Crippen LogP contribution in [0.2, 0.25) is 0 Å². The molecule has 0 saturated carbocycles. The van der Waals surface area contributed by atoms with E-state index in [1.165, 1.54) is 0 Å². The molecule has 1 unspecified atom stereocenters. The van der Waals surface area contributed by atoms with E-state index in [0.717, 1.165) is 31.7 Å². The number of carbonyl (C=O) groups is 1. The van der Waals surface area contributed by atoms with E-state index in [2.05, 4.69) is 5.32 Å². The van der Waals surface area contributed by atoms with E-state index in [1.807, 2.05) is 12.1 Å². The Labute approximate surface area is 101 Å². The molecule has 0 spiro atoms. The second-order valence-electron chi connectivity index (χ2n) is 4.32. The van der Waals surface area contributed by atoms with Gasteiger partial charge in [-0.25, -0.2) is 4.79 Å². The molecule has 1 heterocycles. The van der Waals surface area contributed by atoms with Crippen LogP contribution in [0.25, 0.3) is 0 Å². The molecule has 0 aliphatic carbocycles. The summed E-state index contributed by atoms with van der Waals surface area (Å²) in [5, 5.41) is 12.3. The van der Waals surface area contributed by atoms with E-state index in [1.54, 1.807) is 12.1 Å². The summed E-state index contributed by atoms with van der Waals surface area (Å²) >= 11 is 0. The molecule has 17 heavy (non-hydrogen) atoms. The molecule has 1 saturated heterocycles. The van der Waals surface area contributed by atoms with Gasteiger partial charge in [0, 0.05) is 19.7 Å². The molecule has 1 aromatic rings. The fourth-order valence-electron chi connectivity index (χ4n) is 2.04. The number of carboxylic acids is 1. The molecular weight excluding hydrogens is 218 g/mol. The van der Waals surface area contributed by atoms with Gasteiger partial charge in [0.25, 0.3) is 0 Å². The fourth-order valence-corrected chi connectivity index (χ4v) is 2.04. The Bertz CT molecular complexity index is 386. The summed E-state index contributed by atoms with van der Waals surface area (Å²) in [4.78, 5) is 11.0. The van der Waals surface area contributed by atoms with Gasteiger partial charge in [0.1, 0.15) is 0 Å². The lowest BCUT2D eigenvalue weighted by molar-refractivity contribution is 0.0695. The van der Waals surface area contributed by atoms with Crippen molar-refractivity contribution in [2.45, 2.75) is 13.0 Å². The quantitative estimate of drug-likeness (QED) is 0.812. The van der Waals surface area contributed by atoms with Crippen LogP contribution in [0.3, 0.4) is 0 Å². The van der Waals surface area contributed by atoms with Crippen molar-refractivity contribution in [2.24, 2.45) is 5.92 Å². The van der Waals surface area contributed by atoms with Gasteiger partial charge in [0.15, 0.2) is 0 Å². The normalized spacial score (nSPS) is 19.4. The first kappa shape index (κ1) is 12.1. The van der Waals surface area contributed by atoms with Gasteiger partial charge in [-0.3, -0.25) is 0 Å². The smallest absolute Gasteiger partial charge is 0.336 e. The van der Waals surface area contributed by atoms with E-state index in [0.29, 0.717) is 18.0 Å². The lowest BCUT2D eigenvalue weighted by atomic mass is 10.1. The zero-order chi connectivity index (χ0) is 12.1. The molecule has 0 amide bonds. The molecule has 2 N–H and O–H groups in total. The molecule has 0 bridgehead atoms. The molecule has 1 aromatic carbocycles. The van der Waals surface area contributed by atoms with Gasteiger partial charge in [-0.1, -0.05) is 18.2 Å². The minimum absolute atomic E-state index is 0.377. The second-order valence-corrected chi connectivity index (χ2v) is 4.32. The van der Waals surface area contributed by atoms with Crippen molar-refractivity contribution in [1.29, 1.82) is 0 Å². The van der Waals surface area contributed by atoms with Crippen molar-refractivity contribution in [2.75, 3.05) is 19.8 Å². The Kier molecular flexibility index (Phi) is 4.12. The summed E-state index contributed by atoms with van der Waals surface area (Å²) < 4.78 is 5.29. The second kappa shape index (κ2) is 5.80. The molecule has 0 aromatic heterocycles. The molecule has 2 rings (SSSR count). The van der Waals surface area contributed by atoms with E-state index in [9.17, 15) is 4.79 Å². The van der Waals surface area contributed by atoms with Crippen LogP contribution in [0.1, 0.15) is 22.3 Å². The molecule has 1 aliphatic rings. The van der Waals surface area contributed by atoms with Crippen LogP contribution in [0.5, 0.6) is 0 Å². The monoisotopic (exact) mass is 235 g/mol. The van der Waals surface area contributed by atoms with Crippen LogP contribution in [-0.4, -0.2) is 30.8 Å². The summed E-state index contributed by atoms with van der Waals surface area (Å²) in [6, 6.07) is 7.10. The molecule has 0 radical (unpaired) electrons. The van der Waals surface area contributed by atoms with Crippen LogP contribution in [-0.2, 0) is 11.3 Å². The van der Waals surface area contributed by atoms with Gasteiger partial charge in [-0.05, 0) is 24.0 Å². The number of aromatic carboxylic acids is 1. The Morgan fingerprint density at radius 2 is 2.29 bits per heavy atom. The highest BCUT2D eigenvalue weighted by atomic mass is 16.5. The number of ether oxygens (including phenoxy) is 1. The number of hydrogen-bond donors (Lipinski definition) is 2. The molecule has 4 nitrogen and oxygen atoms in total. The molecule has 4 heteroatoms. The molecule has 1 aliphatic heterocycles. The number of carboxylic acid groups (broad SMARTS) is 1. The Morgan fingerprint density at radius 1 is 1.47 bits per heavy atom. The maximum Gasteiger partial charge on any atom is 0.336 e. The maximum absolute atomic E-state index is 11.0. The van der Waals surface area contributed by atoms with Crippen molar-refractivity contribution in [3.05, 3.63) is 35.4 Å². The van der Waals surface area contributed by atoms with Crippen molar-refractivity contribution in [1.82, 2.24) is 5.32 Å². The minimum atomic E-state index is -0.869. The van der Waals surface area contributed by atoms with Gasteiger partial charge >= 0.3 is 5.97 Å². The zero-order valence-corrected chi connectivity index (χ0v) is 9.69. The Morgan fingerprint density at radius 3 is 3.00 bits per heavy atom. The van der Waals surface area contributed by atoms with E-state index >= 15 is 0 Å². The Hall–Kier alpha value is -1.39. The maximum atomic E-state index is 11.0. The summed E-state index contributed by atoms with van der Waals surface area (Å²) in [6.07, 6.45) is 1.09. The third-order valence-corrected chi connectivity index (χ3v) is 3.02. The third-order valence-electron chi connectivity index (χ3n) is 3.02. The average molecular weight is 235 g/mol. The van der Waals surface area contributed by atoms with Crippen LogP contribution in [0.15, 0.2) is 24.3 Å². The highest BCUT2D eigenvalue weighted by molar-refractivity contribution is 5.89. The first-order valence-electron chi connectivity index (χ1n) is 5.87. The van der Waals surface area contributed by atoms with Crippen LogP contribution in [0, 0.1) is 5.92 Å². The molecule has 1 atom stereocenters. The lowest BCUT2D eigenvalue weighted by Gasteiger charge is -2.10. The van der Waals surface area contributed by atoms with Gasteiger partial charge in [-0.2, -0.15) is 0 Å². The fraction of sp³-hybridized carbons (Fsp3) is 0.462. The van der Waals surface area contributed by atoms with Crippen molar-refractivity contribution in [3.63, 3.8) is 0 Å². The first-order chi connectivity index (χ1) is 8.27. The van der Waals surface area contributed by atoms with Crippen molar-refractivity contribution >= 4 is 5.97 Å². The first-order valence-corrected chi connectivity index (χ1v) is 5.87. The Balaban J connectivity index is 1.87. The summed E-state index contributed by atoms with van der Waals surface area (Å²) in [6.45, 7) is 3.14. The minimum Gasteiger partial charge on any atom is -0.478 e. The predicted octanol–water partition coefficient (Wildman–Crippen LogP) is 1.51. The highest BCUT2D eigenvalue weighted by Gasteiger charge is 2.15. The number of nitrogens with one attached hydrogen (secondary N) is 1. The molecule has 1 fully saturated rings. The van der Waals surface area contributed by atoms with E-state index in [4.69, 9.17) is 9.84 Å². The lowest BCUT2D eigenvalue weighted by Crippen LogP contribution is -2.23. The predicted molar refractivity (Wildman–Crippen MR) is 64.0 cm³/mol. The molecular formula is C13H17NO3. The largest absolute Gasteiger partial charge is 0.478 e. The average Bonchev–Trinajstić information content (AvgIpc) is 2.82. The van der Waals surface area contributed by atoms with E-state index < -0.39 is 5.97 Å². The van der Waals surface area contributed by atoms with Crippen molar-refractivity contribution in [3.8, 4) is 0 Å². The number of benzene rings is 1. The highest BCUT2D eigenvalue weighted by Crippen LogP contribution is 2.12. The standard InChI is InChI=1S/C13H17NO3/c15-13(16)12-4-2-1-3-11(12)8-14-7-10-5-6-17-9-10/h1-4,10,14H,5-9H2,(H,15,16). The number of rotatable bonds is 5. The number of hydrogen-bond acceptors (Lipinski definition) is 3. The van der Waals surface area contributed by atoms with Crippen LogP contribution in [0.4, 0.5) is 0 Å². The third kappa shape index (κ3) is 3.28. The molecule has 92 valence electrons. The van der Waals surface area contributed by atoms with Gasteiger partial charge in [0.05, 0.1) is 12.2 Å². The summed E-state index contributed by atoms with van der Waals surface area (Å²) in [5.74, 6) is -0.307. The van der Waals surface area contributed by atoms with Crippen molar-refractivity contribution < 1.29 is 14.6 Å². The summed E-state index contributed by atoms with van der Waals surface area (Å²) in [7, 11) is 0. The van der Waals surface area contributed by atoms with E-state index in [-0.39, 0.29) is 0 Å². The topological polar surface area (TPSA) is 58.6 Å². The van der Waals surface area contributed by atoms with Crippen LogP contribution >= 0.6 is 0 Å². The van der Waals surface area contributed by atoms with Gasteiger partial charge in [0.2, 0.25) is 0 Å².